The molecule has 2 aliphatic rings. The van der Waals surface area contributed by atoms with E-state index in [1.807, 2.05) is 42.4 Å². The number of hydrogen-bond acceptors (Lipinski definition) is 5. The summed E-state index contributed by atoms with van der Waals surface area (Å²) in [5.74, 6) is 1.11. The molecule has 1 amide bonds. The highest BCUT2D eigenvalue weighted by Gasteiger charge is 2.35. The van der Waals surface area contributed by atoms with Gasteiger partial charge in [-0.15, -0.1) is 0 Å². The lowest BCUT2D eigenvalue weighted by molar-refractivity contribution is -0.134. The molecular formula is C19H26N6O. The zero-order chi connectivity index (χ0) is 17.9. The van der Waals surface area contributed by atoms with E-state index in [1.54, 1.807) is 6.20 Å². The van der Waals surface area contributed by atoms with E-state index in [-0.39, 0.29) is 18.0 Å². The summed E-state index contributed by atoms with van der Waals surface area (Å²) < 4.78 is 2.10. The minimum absolute atomic E-state index is 0.157. The maximum absolute atomic E-state index is 12.8. The summed E-state index contributed by atoms with van der Waals surface area (Å²) in [5.41, 5.74) is 7.66. The quantitative estimate of drug-likeness (QED) is 0.775. The SMILES string of the molecule is Cn1cccc1C1CC(C(=O)N2CCC(Nc3ccccn3)CC2)NN1. The summed E-state index contributed by atoms with van der Waals surface area (Å²) in [6.45, 7) is 1.58. The average Bonchev–Trinajstić information content (AvgIpc) is 3.31. The molecule has 2 aliphatic heterocycles. The molecule has 4 rings (SSSR count). The van der Waals surface area contributed by atoms with Crippen LogP contribution in [-0.2, 0) is 11.8 Å². The molecule has 0 spiro atoms. The predicted octanol–water partition coefficient (Wildman–Crippen LogP) is 1.43. The lowest BCUT2D eigenvalue weighted by Gasteiger charge is -2.34. The van der Waals surface area contributed by atoms with Crippen molar-refractivity contribution >= 4 is 11.7 Å². The fourth-order valence-corrected chi connectivity index (χ4v) is 3.87. The maximum atomic E-state index is 12.8. The molecule has 2 aromatic heterocycles. The molecule has 0 saturated carbocycles. The van der Waals surface area contributed by atoms with E-state index in [1.165, 1.54) is 5.69 Å². The summed E-state index contributed by atoms with van der Waals surface area (Å²) in [4.78, 5) is 19.2. The lowest BCUT2D eigenvalue weighted by Crippen LogP contribution is -2.49. The molecular weight excluding hydrogens is 328 g/mol. The van der Waals surface area contributed by atoms with Gasteiger partial charge in [0, 0.05) is 44.3 Å². The summed E-state index contributed by atoms with van der Waals surface area (Å²) in [6.07, 6.45) is 6.50. The number of nitrogens with one attached hydrogen (secondary N) is 3. The highest BCUT2D eigenvalue weighted by molar-refractivity contribution is 5.82. The van der Waals surface area contributed by atoms with Crippen LogP contribution >= 0.6 is 0 Å². The standard InChI is InChI=1S/C19H26N6O/c1-24-10-4-5-17(24)15-13-16(23-22-15)19(26)25-11-7-14(8-12-25)21-18-6-2-3-9-20-18/h2-6,9-10,14-16,22-23H,7-8,11-13H2,1H3,(H,20,21). The van der Waals surface area contributed by atoms with Crippen molar-refractivity contribution in [1.29, 1.82) is 0 Å². The molecule has 2 fully saturated rings. The number of amides is 1. The second-order valence-corrected chi connectivity index (χ2v) is 7.13. The molecule has 3 N–H and O–H groups in total. The maximum Gasteiger partial charge on any atom is 0.241 e. The molecule has 2 aromatic rings. The third-order valence-electron chi connectivity index (χ3n) is 5.37. The Morgan fingerprint density at radius 3 is 2.73 bits per heavy atom. The molecule has 4 heterocycles. The van der Waals surface area contributed by atoms with Crippen LogP contribution < -0.4 is 16.2 Å². The second-order valence-electron chi connectivity index (χ2n) is 7.13. The molecule has 0 radical (unpaired) electrons. The zero-order valence-corrected chi connectivity index (χ0v) is 15.1. The van der Waals surface area contributed by atoms with E-state index in [2.05, 4.69) is 31.8 Å². The van der Waals surface area contributed by atoms with Gasteiger partial charge in [-0.05, 0) is 43.5 Å². The van der Waals surface area contributed by atoms with Gasteiger partial charge in [0.15, 0.2) is 0 Å². The molecule has 0 bridgehead atoms. The van der Waals surface area contributed by atoms with Crippen LogP contribution in [-0.4, -0.2) is 45.5 Å². The number of aromatic nitrogens is 2. The fourth-order valence-electron chi connectivity index (χ4n) is 3.87. The van der Waals surface area contributed by atoms with Crippen LogP contribution in [0.1, 0.15) is 31.0 Å². The van der Waals surface area contributed by atoms with Crippen LogP contribution in [0.25, 0.3) is 0 Å². The third-order valence-corrected chi connectivity index (χ3v) is 5.37. The van der Waals surface area contributed by atoms with Gasteiger partial charge in [0.2, 0.25) is 5.91 Å². The number of rotatable bonds is 4. The van der Waals surface area contributed by atoms with Gasteiger partial charge < -0.3 is 14.8 Å². The van der Waals surface area contributed by atoms with E-state index in [0.717, 1.165) is 38.2 Å². The Labute approximate surface area is 153 Å². The lowest BCUT2D eigenvalue weighted by atomic mass is 10.0. The van der Waals surface area contributed by atoms with E-state index < -0.39 is 0 Å². The van der Waals surface area contributed by atoms with Crippen LogP contribution in [0.5, 0.6) is 0 Å². The van der Waals surface area contributed by atoms with Gasteiger partial charge in [-0.1, -0.05) is 6.07 Å². The molecule has 7 nitrogen and oxygen atoms in total. The van der Waals surface area contributed by atoms with Gasteiger partial charge in [-0.3, -0.25) is 4.79 Å². The van der Waals surface area contributed by atoms with Crippen LogP contribution in [0.4, 0.5) is 5.82 Å². The minimum Gasteiger partial charge on any atom is -0.367 e. The fraction of sp³-hybridized carbons (Fsp3) is 0.474. The summed E-state index contributed by atoms with van der Waals surface area (Å²) in [5, 5.41) is 3.46. The third kappa shape index (κ3) is 3.59. The molecule has 26 heavy (non-hydrogen) atoms. The van der Waals surface area contributed by atoms with Crippen molar-refractivity contribution in [3.63, 3.8) is 0 Å². The number of nitrogens with zero attached hydrogens (tertiary/aromatic N) is 3. The molecule has 0 aromatic carbocycles. The van der Waals surface area contributed by atoms with Crippen LogP contribution in [0, 0.1) is 0 Å². The number of anilines is 1. The topological polar surface area (TPSA) is 74.2 Å². The van der Waals surface area contributed by atoms with Crippen molar-refractivity contribution in [1.82, 2.24) is 25.3 Å². The highest BCUT2D eigenvalue weighted by atomic mass is 16.2. The Morgan fingerprint density at radius 1 is 1.19 bits per heavy atom. The first-order valence-electron chi connectivity index (χ1n) is 9.29. The van der Waals surface area contributed by atoms with Gasteiger partial charge >= 0.3 is 0 Å². The van der Waals surface area contributed by atoms with Crippen LogP contribution in [0.2, 0.25) is 0 Å². The van der Waals surface area contributed by atoms with E-state index in [4.69, 9.17) is 0 Å². The van der Waals surface area contributed by atoms with Crippen molar-refractivity contribution in [3.05, 3.63) is 48.4 Å². The Kier molecular flexibility index (Phi) is 4.90. The van der Waals surface area contributed by atoms with E-state index >= 15 is 0 Å². The molecule has 138 valence electrons. The van der Waals surface area contributed by atoms with Gasteiger partial charge in [0.1, 0.15) is 11.9 Å². The highest BCUT2D eigenvalue weighted by Crippen LogP contribution is 2.24. The number of hydrogen-bond donors (Lipinski definition) is 3. The number of pyridine rings is 1. The molecule has 0 aliphatic carbocycles. The Bertz CT molecular complexity index is 737. The first-order chi connectivity index (χ1) is 12.7. The van der Waals surface area contributed by atoms with Gasteiger partial charge in [0.05, 0.1) is 6.04 Å². The summed E-state index contributed by atoms with van der Waals surface area (Å²) in [6, 6.07) is 10.4. The van der Waals surface area contributed by atoms with Crippen LogP contribution in [0.3, 0.4) is 0 Å². The van der Waals surface area contributed by atoms with Gasteiger partial charge in [0.25, 0.3) is 0 Å². The second kappa shape index (κ2) is 7.47. The normalized spacial score (nSPS) is 24.0. The van der Waals surface area contributed by atoms with E-state index in [0.29, 0.717) is 6.04 Å². The number of likely N-dealkylation sites (tertiary alicyclic amines) is 1. The van der Waals surface area contributed by atoms with Crippen molar-refractivity contribution in [2.24, 2.45) is 7.05 Å². The number of carbonyl (C=O) groups excluding carboxylic acids is 1. The van der Waals surface area contributed by atoms with Crippen molar-refractivity contribution < 1.29 is 4.79 Å². The molecule has 2 atom stereocenters. The first-order valence-corrected chi connectivity index (χ1v) is 9.29. The average molecular weight is 354 g/mol. The van der Waals surface area contributed by atoms with Crippen LogP contribution in [0.15, 0.2) is 42.7 Å². The summed E-state index contributed by atoms with van der Waals surface area (Å²) in [7, 11) is 2.03. The monoisotopic (exact) mass is 354 g/mol. The van der Waals surface area contributed by atoms with Crippen molar-refractivity contribution in [2.45, 2.75) is 37.4 Å². The van der Waals surface area contributed by atoms with Crippen molar-refractivity contribution in [2.75, 3.05) is 18.4 Å². The molecule has 2 saturated heterocycles. The Morgan fingerprint density at radius 2 is 2.04 bits per heavy atom. The van der Waals surface area contributed by atoms with Crippen molar-refractivity contribution in [3.8, 4) is 0 Å². The zero-order valence-electron chi connectivity index (χ0n) is 15.1. The number of aryl methyl sites for hydroxylation is 1. The largest absolute Gasteiger partial charge is 0.367 e. The Balaban J connectivity index is 1.28. The predicted molar refractivity (Wildman–Crippen MR) is 100 cm³/mol. The summed E-state index contributed by atoms with van der Waals surface area (Å²) >= 11 is 0. The van der Waals surface area contributed by atoms with Gasteiger partial charge in [-0.25, -0.2) is 15.8 Å². The number of piperidine rings is 1. The minimum atomic E-state index is -0.157. The molecule has 2 unspecified atom stereocenters. The first kappa shape index (κ1) is 17.1. The number of hydrazine groups is 1. The smallest absolute Gasteiger partial charge is 0.241 e. The van der Waals surface area contributed by atoms with E-state index in [9.17, 15) is 4.79 Å². The van der Waals surface area contributed by atoms with Gasteiger partial charge in [-0.2, -0.15) is 0 Å². The Hall–Kier alpha value is -2.38. The molecule has 7 heteroatoms. The number of carbonyl (C=O) groups is 1.